The van der Waals surface area contributed by atoms with E-state index in [0.717, 1.165) is 31.0 Å². The van der Waals surface area contributed by atoms with Gasteiger partial charge in [0.1, 0.15) is 28.8 Å². The third kappa shape index (κ3) is 2.32. The number of nitrogens with one attached hydrogen (secondary N) is 1. The molecule has 110 valence electrons. The van der Waals surface area contributed by atoms with Gasteiger partial charge in [0.25, 0.3) is 0 Å². The van der Waals surface area contributed by atoms with Gasteiger partial charge in [0.05, 0.1) is 0 Å². The molecule has 1 atom stereocenters. The summed E-state index contributed by atoms with van der Waals surface area (Å²) in [5.41, 5.74) is -1.01. The van der Waals surface area contributed by atoms with Crippen molar-refractivity contribution >= 4 is 12.0 Å². The molecule has 1 saturated heterocycles. The number of hydrogen-bond donors (Lipinski definition) is 1. The summed E-state index contributed by atoms with van der Waals surface area (Å²) in [6, 6.07) is 2.53. The Morgan fingerprint density at radius 1 is 1.33 bits per heavy atom. The number of benzene rings is 1. The van der Waals surface area contributed by atoms with Crippen LogP contribution in [0.15, 0.2) is 23.9 Å². The molecule has 1 heterocycles. The monoisotopic (exact) mass is 292 g/mol. The first-order valence-electron chi connectivity index (χ1n) is 6.76. The molecule has 2 amide bonds. The lowest BCUT2D eigenvalue weighted by Crippen LogP contribution is -2.36. The number of hydrogen-bond acceptors (Lipinski definition) is 2. The Bertz CT molecular complexity index is 645. The van der Waals surface area contributed by atoms with Crippen LogP contribution >= 0.6 is 0 Å². The van der Waals surface area contributed by atoms with Gasteiger partial charge in [-0.3, -0.25) is 4.90 Å². The molecule has 1 aromatic rings. The Hall–Kier alpha value is -2.20. The van der Waals surface area contributed by atoms with Crippen molar-refractivity contribution in [2.24, 2.45) is 5.92 Å². The molecule has 1 N–H and O–H groups in total. The third-order valence-electron chi connectivity index (χ3n) is 4.02. The van der Waals surface area contributed by atoms with E-state index in [-0.39, 0.29) is 11.3 Å². The number of carbonyl (C=O) groups is 1. The summed E-state index contributed by atoms with van der Waals surface area (Å²) < 4.78 is 26.8. The maximum Gasteiger partial charge on any atom is 0.323 e. The molecule has 0 bridgehead atoms. The molecular weight excluding hydrogens is 278 g/mol. The van der Waals surface area contributed by atoms with Crippen LogP contribution in [0.2, 0.25) is 0 Å². The summed E-state index contributed by atoms with van der Waals surface area (Å²) in [4.78, 5) is 24.8. The van der Waals surface area contributed by atoms with Crippen LogP contribution in [0.3, 0.4) is 0 Å². The van der Waals surface area contributed by atoms with Crippen LogP contribution in [0.1, 0.15) is 25.3 Å². The fraction of sp³-hybridized carbons (Fsp3) is 0.400. The fourth-order valence-electron chi connectivity index (χ4n) is 2.65. The molecule has 0 radical (unpaired) electrons. The van der Waals surface area contributed by atoms with E-state index >= 15 is 0 Å². The third-order valence-corrected chi connectivity index (χ3v) is 4.02. The van der Waals surface area contributed by atoms with E-state index in [1.807, 2.05) is 0 Å². The Morgan fingerprint density at radius 3 is 2.48 bits per heavy atom. The van der Waals surface area contributed by atoms with E-state index in [9.17, 15) is 18.4 Å². The highest BCUT2D eigenvalue weighted by Gasteiger charge is 2.48. The van der Waals surface area contributed by atoms with Crippen LogP contribution in [-0.2, 0) is 10.3 Å². The van der Waals surface area contributed by atoms with E-state index in [1.54, 1.807) is 12.9 Å². The topological polar surface area (TPSA) is 49.4 Å². The average Bonchev–Trinajstić information content (AvgIpc) is 3.16. The smallest absolute Gasteiger partial charge is 0.322 e. The first-order chi connectivity index (χ1) is 9.94. The Morgan fingerprint density at radius 2 is 1.95 bits per heavy atom. The molecule has 1 aliphatic heterocycles. The second-order valence-corrected chi connectivity index (χ2v) is 5.72. The molecule has 2 fully saturated rings. The molecule has 6 heteroatoms. The minimum absolute atomic E-state index is 0.0735. The quantitative estimate of drug-likeness (QED) is 0.869. The van der Waals surface area contributed by atoms with E-state index in [2.05, 4.69) is 5.32 Å². The normalized spacial score (nSPS) is 25.0. The molecule has 1 unspecified atom stereocenters. The van der Waals surface area contributed by atoms with Crippen LogP contribution in [0.5, 0.6) is 0 Å². The highest BCUT2D eigenvalue weighted by molar-refractivity contribution is 5.86. The van der Waals surface area contributed by atoms with E-state index in [4.69, 9.17) is 0 Å². The summed E-state index contributed by atoms with van der Waals surface area (Å²) in [7, 11) is 0. The number of halogens is 2. The van der Waals surface area contributed by atoms with Crippen LogP contribution in [0.4, 0.5) is 13.6 Å². The molecule has 0 aromatic heterocycles. The standard InChI is InChI=1S/C15H14F2N2O2/c1-15(10-4-11(16)6-12(17)5-10)13(8-20)19(14(21)18-15)7-9-2-3-9/h4-6,9H,2-3,7H2,1H3,(H,18,21). The molecule has 2 aliphatic rings. The van der Waals surface area contributed by atoms with Gasteiger partial charge in [0.2, 0.25) is 0 Å². The van der Waals surface area contributed by atoms with Crippen LogP contribution in [-0.4, -0.2) is 23.4 Å². The fourth-order valence-corrected chi connectivity index (χ4v) is 2.65. The van der Waals surface area contributed by atoms with Gasteiger partial charge in [-0.15, -0.1) is 0 Å². The number of rotatable bonds is 3. The Labute approximate surface area is 120 Å². The average molecular weight is 292 g/mol. The van der Waals surface area contributed by atoms with E-state index in [0.29, 0.717) is 12.5 Å². The van der Waals surface area contributed by atoms with E-state index in [1.165, 1.54) is 4.90 Å². The maximum absolute atomic E-state index is 13.4. The number of nitrogens with zero attached hydrogens (tertiary/aromatic N) is 1. The van der Waals surface area contributed by atoms with Gasteiger partial charge >= 0.3 is 6.03 Å². The SMILES string of the molecule is CC1(c2cc(F)cc(F)c2)NC(=O)N(CC2CC2)C1=C=O. The summed E-state index contributed by atoms with van der Waals surface area (Å²) in [5.74, 6) is 0.634. The van der Waals surface area contributed by atoms with E-state index < -0.39 is 23.2 Å². The summed E-state index contributed by atoms with van der Waals surface area (Å²) in [6.07, 6.45) is 2.03. The Balaban J connectivity index is 2.03. The molecule has 0 spiro atoms. The second-order valence-electron chi connectivity index (χ2n) is 5.72. The second kappa shape index (κ2) is 4.67. The summed E-state index contributed by atoms with van der Waals surface area (Å²) in [5, 5.41) is 2.64. The van der Waals surface area contributed by atoms with Gasteiger partial charge in [-0.25, -0.2) is 18.4 Å². The van der Waals surface area contributed by atoms with Gasteiger partial charge in [0, 0.05) is 12.6 Å². The summed E-state index contributed by atoms with van der Waals surface area (Å²) in [6.45, 7) is 1.98. The lowest BCUT2D eigenvalue weighted by molar-refractivity contribution is 0.221. The molecule has 4 nitrogen and oxygen atoms in total. The van der Waals surface area contributed by atoms with Gasteiger partial charge in [-0.05, 0) is 43.4 Å². The highest BCUT2D eigenvalue weighted by Crippen LogP contribution is 2.39. The van der Waals surface area contributed by atoms with Crippen molar-refractivity contribution in [2.75, 3.05) is 6.54 Å². The molecule has 1 aliphatic carbocycles. The van der Waals surface area contributed by atoms with Crippen LogP contribution in [0.25, 0.3) is 0 Å². The first-order valence-corrected chi connectivity index (χ1v) is 6.76. The molecule has 1 aromatic carbocycles. The van der Waals surface area contributed by atoms with Crippen molar-refractivity contribution < 1.29 is 18.4 Å². The van der Waals surface area contributed by atoms with Crippen molar-refractivity contribution in [1.82, 2.24) is 10.2 Å². The number of carbonyl (C=O) groups excluding carboxylic acids is 2. The first kappa shape index (κ1) is 13.8. The Kier molecular flexibility index (Phi) is 3.06. The number of amides is 2. The van der Waals surface area contributed by atoms with Crippen molar-refractivity contribution in [3.05, 3.63) is 41.1 Å². The minimum atomic E-state index is -1.27. The number of urea groups is 1. The minimum Gasteiger partial charge on any atom is -0.322 e. The van der Waals surface area contributed by atoms with Crippen LogP contribution < -0.4 is 5.32 Å². The summed E-state index contributed by atoms with van der Waals surface area (Å²) >= 11 is 0. The zero-order chi connectivity index (χ0) is 15.2. The van der Waals surface area contributed by atoms with Crippen molar-refractivity contribution in [2.45, 2.75) is 25.3 Å². The van der Waals surface area contributed by atoms with Gasteiger partial charge in [-0.1, -0.05) is 0 Å². The maximum atomic E-state index is 13.4. The van der Waals surface area contributed by atoms with Gasteiger partial charge < -0.3 is 5.32 Å². The van der Waals surface area contributed by atoms with Gasteiger partial charge in [-0.2, -0.15) is 0 Å². The van der Waals surface area contributed by atoms with Crippen molar-refractivity contribution in [3.63, 3.8) is 0 Å². The highest BCUT2D eigenvalue weighted by atomic mass is 19.1. The predicted octanol–water partition coefficient (Wildman–Crippen LogP) is 2.33. The van der Waals surface area contributed by atoms with Crippen molar-refractivity contribution in [1.29, 1.82) is 0 Å². The zero-order valence-corrected chi connectivity index (χ0v) is 11.5. The predicted molar refractivity (Wildman–Crippen MR) is 70.9 cm³/mol. The molecule has 1 saturated carbocycles. The molecular formula is C15H14F2N2O2. The largest absolute Gasteiger partial charge is 0.323 e. The van der Waals surface area contributed by atoms with Crippen LogP contribution in [0, 0.1) is 17.6 Å². The zero-order valence-electron chi connectivity index (χ0n) is 11.5. The van der Waals surface area contributed by atoms with Crippen molar-refractivity contribution in [3.8, 4) is 0 Å². The lowest BCUT2D eigenvalue weighted by Gasteiger charge is -2.25. The molecule has 3 rings (SSSR count). The lowest BCUT2D eigenvalue weighted by atomic mass is 9.89. The van der Waals surface area contributed by atoms with Gasteiger partial charge in [0.15, 0.2) is 0 Å². The molecule has 21 heavy (non-hydrogen) atoms.